The van der Waals surface area contributed by atoms with E-state index in [1.807, 2.05) is 18.2 Å². The largest absolute Gasteiger partial charge is 0.355 e. The van der Waals surface area contributed by atoms with Crippen LogP contribution in [0, 0.1) is 0 Å². The Labute approximate surface area is 157 Å². The summed E-state index contributed by atoms with van der Waals surface area (Å²) >= 11 is 18.1. The zero-order valence-electron chi connectivity index (χ0n) is 12.3. The molecule has 1 N–H and O–H groups in total. The molecular formula is C16H17Cl4N3. The number of anilines is 1. The van der Waals surface area contributed by atoms with Crippen LogP contribution in [0.25, 0.3) is 0 Å². The Bertz CT molecular complexity index is 666. The van der Waals surface area contributed by atoms with E-state index in [1.54, 1.807) is 18.3 Å². The van der Waals surface area contributed by atoms with E-state index in [9.17, 15) is 0 Å². The average molecular weight is 393 g/mol. The maximum atomic E-state index is 6.20. The summed E-state index contributed by atoms with van der Waals surface area (Å²) in [6, 6.07) is 9.70. The van der Waals surface area contributed by atoms with Crippen molar-refractivity contribution in [2.45, 2.75) is 19.0 Å². The lowest BCUT2D eigenvalue weighted by Gasteiger charge is -2.18. The molecule has 1 aliphatic rings. The van der Waals surface area contributed by atoms with Gasteiger partial charge in [-0.05, 0) is 36.2 Å². The Kier molecular flexibility index (Phi) is 6.81. The minimum absolute atomic E-state index is 0. The molecule has 0 amide bonds. The Morgan fingerprint density at radius 2 is 1.91 bits per heavy atom. The second-order valence-corrected chi connectivity index (χ2v) is 6.66. The molecule has 1 aliphatic heterocycles. The first-order valence-corrected chi connectivity index (χ1v) is 8.29. The topological polar surface area (TPSA) is 28.2 Å². The van der Waals surface area contributed by atoms with Crippen molar-refractivity contribution in [3.05, 3.63) is 57.2 Å². The summed E-state index contributed by atoms with van der Waals surface area (Å²) in [5.41, 5.74) is 1.06. The molecule has 7 heteroatoms. The summed E-state index contributed by atoms with van der Waals surface area (Å²) in [4.78, 5) is 6.62. The molecule has 3 nitrogen and oxygen atoms in total. The zero-order valence-corrected chi connectivity index (χ0v) is 15.4. The lowest BCUT2D eigenvalue weighted by Crippen LogP contribution is -2.32. The number of halogens is 4. The van der Waals surface area contributed by atoms with Crippen LogP contribution in [0.5, 0.6) is 0 Å². The van der Waals surface area contributed by atoms with Gasteiger partial charge in [-0.1, -0.05) is 40.9 Å². The predicted molar refractivity (Wildman–Crippen MR) is 100 cm³/mol. The number of rotatable bonds is 4. The van der Waals surface area contributed by atoms with Gasteiger partial charge >= 0.3 is 0 Å². The highest BCUT2D eigenvalue weighted by Crippen LogP contribution is 2.23. The SMILES string of the molecule is Cl.Clc1ccnc(N2CCC(NCc3ccc(Cl)cc3Cl)C2)c1. The molecular weight excluding hydrogens is 376 g/mol. The summed E-state index contributed by atoms with van der Waals surface area (Å²) in [5, 5.41) is 5.62. The number of benzene rings is 1. The molecule has 1 saturated heterocycles. The van der Waals surface area contributed by atoms with Crippen LogP contribution in [-0.4, -0.2) is 24.1 Å². The first kappa shape index (κ1) is 18.6. The molecule has 1 atom stereocenters. The van der Waals surface area contributed by atoms with E-state index < -0.39 is 0 Å². The molecule has 0 aliphatic carbocycles. The van der Waals surface area contributed by atoms with Gasteiger partial charge in [-0.25, -0.2) is 4.98 Å². The lowest BCUT2D eigenvalue weighted by atomic mass is 10.2. The van der Waals surface area contributed by atoms with Crippen molar-refractivity contribution in [1.29, 1.82) is 0 Å². The van der Waals surface area contributed by atoms with Gasteiger partial charge in [-0.3, -0.25) is 0 Å². The zero-order chi connectivity index (χ0) is 15.5. The van der Waals surface area contributed by atoms with Crippen molar-refractivity contribution < 1.29 is 0 Å². The second kappa shape index (κ2) is 8.41. The average Bonchev–Trinajstić information content (AvgIpc) is 2.95. The van der Waals surface area contributed by atoms with Crippen molar-refractivity contribution in [2.24, 2.45) is 0 Å². The molecule has 23 heavy (non-hydrogen) atoms. The Morgan fingerprint density at radius 1 is 1.13 bits per heavy atom. The maximum absolute atomic E-state index is 6.20. The van der Waals surface area contributed by atoms with E-state index in [4.69, 9.17) is 34.8 Å². The van der Waals surface area contributed by atoms with Crippen LogP contribution in [0.15, 0.2) is 36.5 Å². The van der Waals surface area contributed by atoms with Gasteiger partial charge in [0.15, 0.2) is 0 Å². The van der Waals surface area contributed by atoms with E-state index in [-0.39, 0.29) is 12.4 Å². The summed E-state index contributed by atoms with van der Waals surface area (Å²) in [5.74, 6) is 0.932. The highest BCUT2D eigenvalue weighted by Gasteiger charge is 2.23. The summed E-state index contributed by atoms with van der Waals surface area (Å²) in [6.45, 7) is 2.62. The van der Waals surface area contributed by atoms with Crippen LogP contribution >= 0.6 is 47.2 Å². The molecule has 1 unspecified atom stereocenters. The number of hydrogen-bond donors (Lipinski definition) is 1. The first-order chi connectivity index (χ1) is 10.6. The van der Waals surface area contributed by atoms with Crippen molar-refractivity contribution in [2.75, 3.05) is 18.0 Å². The fourth-order valence-electron chi connectivity index (χ4n) is 2.62. The van der Waals surface area contributed by atoms with Crippen molar-refractivity contribution in [1.82, 2.24) is 10.3 Å². The summed E-state index contributed by atoms with van der Waals surface area (Å²) < 4.78 is 0. The molecule has 1 aromatic carbocycles. The van der Waals surface area contributed by atoms with Gasteiger partial charge in [0.2, 0.25) is 0 Å². The van der Waals surface area contributed by atoms with E-state index >= 15 is 0 Å². The molecule has 0 saturated carbocycles. The molecule has 0 bridgehead atoms. The van der Waals surface area contributed by atoms with Crippen LogP contribution in [0.3, 0.4) is 0 Å². The standard InChI is InChI=1S/C16H16Cl3N3.ClH/c17-12-2-1-11(15(19)7-12)9-21-14-4-6-22(10-14)16-8-13(18)3-5-20-16;/h1-3,5,7-8,14,21H,4,6,9-10H2;1H. The van der Waals surface area contributed by atoms with E-state index in [1.165, 1.54) is 0 Å². The number of nitrogens with one attached hydrogen (secondary N) is 1. The lowest BCUT2D eigenvalue weighted by molar-refractivity contribution is 0.551. The van der Waals surface area contributed by atoms with Crippen LogP contribution in [-0.2, 0) is 6.54 Å². The van der Waals surface area contributed by atoms with Crippen molar-refractivity contribution in [3.63, 3.8) is 0 Å². The van der Waals surface area contributed by atoms with E-state index in [0.29, 0.717) is 21.1 Å². The van der Waals surface area contributed by atoms with Crippen molar-refractivity contribution >= 4 is 53.0 Å². The smallest absolute Gasteiger partial charge is 0.130 e. The fraction of sp³-hybridized carbons (Fsp3) is 0.312. The molecule has 1 aromatic heterocycles. The van der Waals surface area contributed by atoms with Gasteiger partial charge in [-0.2, -0.15) is 0 Å². The van der Waals surface area contributed by atoms with Crippen molar-refractivity contribution in [3.8, 4) is 0 Å². The minimum Gasteiger partial charge on any atom is -0.355 e. The number of hydrogen-bond acceptors (Lipinski definition) is 3. The fourth-order valence-corrected chi connectivity index (χ4v) is 3.25. The normalized spacial score (nSPS) is 17.2. The first-order valence-electron chi connectivity index (χ1n) is 7.15. The summed E-state index contributed by atoms with van der Waals surface area (Å²) in [6.07, 6.45) is 2.81. The third kappa shape index (κ3) is 4.88. The predicted octanol–water partition coefficient (Wildman–Crippen LogP) is 4.83. The van der Waals surface area contributed by atoms with Gasteiger partial charge in [0.05, 0.1) is 0 Å². The van der Waals surface area contributed by atoms with E-state index in [2.05, 4.69) is 15.2 Å². The highest BCUT2D eigenvalue weighted by molar-refractivity contribution is 6.35. The monoisotopic (exact) mass is 391 g/mol. The highest BCUT2D eigenvalue weighted by atomic mass is 35.5. The third-order valence-electron chi connectivity index (χ3n) is 3.82. The molecule has 1 fully saturated rings. The van der Waals surface area contributed by atoms with Crippen LogP contribution in [0.2, 0.25) is 15.1 Å². The minimum atomic E-state index is 0. The molecule has 2 aromatic rings. The maximum Gasteiger partial charge on any atom is 0.130 e. The molecule has 3 rings (SSSR count). The quantitative estimate of drug-likeness (QED) is 0.807. The Hall–Kier alpha value is -0.710. The Balaban J connectivity index is 0.00000192. The van der Waals surface area contributed by atoms with Gasteiger partial charge in [0, 0.05) is 46.9 Å². The molecule has 124 valence electrons. The Morgan fingerprint density at radius 3 is 2.65 bits per heavy atom. The number of nitrogens with zero attached hydrogens (tertiary/aromatic N) is 2. The molecule has 0 radical (unpaired) electrons. The van der Waals surface area contributed by atoms with Gasteiger partial charge in [0.1, 0.15) is 5.82 Å². The summed E-state index contributed by atoms with van der Waals surface area (Å²) in [7, 11) is 0. The van der Waals surface area contributed by atoms with Crippen LogP contribution < -0.4 is 10.2 Å². The van der Waals surface area contributed by atoms with Crippen LogP contribution in [0.4, 0.5) is 5.82 Å². The second-order valence-electron chi connectivity index (χ2n) is 5.38. The third-order valence-corrected chi connectivity index (χ3v) is 4.64. The van der Waals surface area contributed by atoms with Gasteiger partial charge in [-0.15, -0.1) is 12.4 Å². The van der Waals surface area contributed by atoms with Crippen LogP contribution in [0.1, 0.15) is 12.0 Å². The molecule has 2 heterocycles. The molecule has 0 spiro atoms. The number of aromatic nitrogens is 1. The van der Waals surface area contributed by atoms with E-state index in [0.717, 1.165) is 37.4 Å². The van der Waals surface area contributed by atoms with Gasteiger partial charge < -0.3 is 10.2 Å². The number of pyridine rings is 1. The van der Waals surface area contributed by atoms with Gasteiger partial charge in [0.25, 0.3) is 0 Å².